The second-order valence-electron chi connectivity index (χ2n) is 5.85. The van der Waals surface area contributed by atoms with Crippen LogP contribution in [0.1, 0.15) is 33.3 Å². The molecule has 0 N–H and O–H groups in total. The van der Waals surface area contributed by atoms with Crippen LogP contribution in [0.25, 0.3) is 0 Å². The van der Waals surface area contributed by atoms with E-state index in [9.17, 15) is 9.13 Å². The SMILES string of the molecule is CCOP(=O)(OCC)c1cn(Cc2ccccc2)cc1P(=O)(OCC)OCC. The lowest BCUT2D eigenvalue weighted by molar-refractivity contribution is 0.226. The predicted molar refractivity (Wildman–Crippen MR) is 111 cm³/mol. The van der Waals surface area contributed by atoms with Gasteiger partial charge in [0.05, 0.1) is 37.0 Å². The molecule has 7 nitrogen and oxygen atoms in total. The third-order valence-corrected chi connectivity index (χ3v) is 8.29. The third kappa shape index (κ3) is 5.44. The molecule has 0 unspecified atom stereocenters. The zero-order valence-corrected chi connectivity index (χ0v) is 18.7. The van der Waals surface area contributed by atoms with Gasteiger partial charge in [-0.05, 0) is 33.3 Å². The summed E-state index contributed by atoms with van der Waals surface area (Å²) in [6.45, 7) is 8.19. The van der Waals surface area contributed by atoms with Crippen molar-refractivity contribution < 1.29 is 27.2 Å². The molecular weight excluding hydrogens is 400 g/mol. The summed E-state index contributed by atoms with van der Waals surface area (Å²) in [5.74, 6) is 0. The molecule has 9 heteroatoms. The molecule has 0 atom stereocenters. The summed E-state index contributed by atoms with van der Waals surface area (Å²) in [6, 6.07) is 9.78. The Labute approximate surface area is 167 Å². The second-order valence-corrected chi connectivity index (χ2v) is 9.84. The van der Waals surface area contributed by atoms with Crippen molar-refractivity contribution in [1.82, 2.24) is 4.57 Å². The zero-order chi connectivity index (χ0) is 20.6. The van der Waals surface area contributed by atoms with Crippen LogP contribution in [0.5, 0.6) is 0 Å². The first kappa shape index (κ1) is 23.1. The molecular formula is C19H29NO6P2. The van der Waals surface area contributed by atoms with Crippen molar-refractivity contribution in [2.75, 3.05) is 26.4 Å². The number of hydrogen-bond acceptors (Lipinski definition) is 6. The number of rotatable bonds is 12. The topological polar surface area (TPSA) is 76.0 Å². The predicted octanol–water partition coefficient (Wildman–Crippen LogP) is 4.32. The number of aromatic nitrogens is 1. The first-order valence-corrected chi connectivity index (χ1v) is 12.5. The molecule has 0 saturated carbocycles. The number of hydrogen-bond donors (Lipinski definition) is 0. The van der Waals surface area contributed by atoms with Crippen molar-refractivity contribution in [3.05, 3.63) is 48.3 Å². The van der Waals surface area contributed by atoms with Gasteiger partial charge in [-0.3, -0.25) is 9.13 Å². The fourth-order valence-electron chi connectivity index (χ4n) is 2.82. The lowest BCUT2D eigenvalue weighted by atomic mass is 10.2. The van der Waals surface area contributed by atoms with Gasteiger partial charge in [-0.1, -0.05) is 30.3 Å². The van der Waals surface area contributed by atoms with Gasteiger partial charge in [0.25, 0.3) is 0 Å². The molecule has 156 valence electrons. The molecule has 1 aromatic heterocycles. The van der Waals surface area contributed by atoms with Gasteiger partial charge < -0.3 is 22.7 Å². The highest BCUT2D eigenvalue weighted by Crippen LogP contribution is 2.53. The van der Waals surface area contributed by atoms with E-state index in [1.165, 1.54) is 0 Å². The van der Waals surface area contributed by atoms with Crippen LogP contribution in [0.15, 0.2) is 42.7 Å². The van der Waals surface area contributed by atoms with E-state index in [0.29, 0.717) is 6.54 Å². The number of nitrogens with zero attached hydrogens (tertiary/aromatic N) is 1. The Morgan fingerprint density at radius 2 is 1.11 bits per heavy atom. The summed E-state index contributed by atoms with van der Waals surface area (Å²) in [5, 5.41) is 0.440. The molecule has 28 heavy (non-hydrogen) atoms. The van der Waals surface area contributed by atoms with Crippen LogP contribution in [-0.4, -0.2) is 31.0 Å². The summed E-state index contributed by atoms with van der Waals surface area (Å²) in [4.78, 5) is 0. The molecule has 1 aromatic carbocycles. The van der Waals surface area contributed by atoms with Crippen molar-refractivity contribution in [3.8, 4) is 0 Å². The molecule has 0 amide bonds. The summed E-state index contributed by atoms with van der Waals surface area (Å²) in [6.07, 6.45) is 3.30. The molecule has 0 aliphatic rings. The molecule has 2 rings (SSSR count). The lowest BCUT2D eigenvalue weighted by Crippen LogP contribution is -2.25. The van der Waals surface area contributed by atoms with E-state index < -0.39 is 15.2 Å². The van der Waals surface area contributed by atoms with Gasteiger partial charge in [-0.25, -0.2) is 0 Å². The monoisotopic (exact) mass is 429 g/mol. The van der Waals surface area contributed by atoms with Crippen LogP contribution < -0.4 is 10.6 Å². The molecule has 1 heterocycles. The van der Waals surface area contributed by atoms with Crippen LogP contribution in [0.2, 0.25) is 0 Å². The van der Waals surface area contributed by atoms with Crippen LogP contribution in [0, 0.1) is 0 Å². The fourth-order valence-corrected chi connectivity index (χ4v) is 6.88. The van der Waals surface area contributed by atoms with Crippen molar-refractivity contribution in [2.45, 2.75) is 34.2 Å². The average Bonchev–Trinajstić information content (AvgIpc) is 3.09. The lowest BCUT2D eigenvalue weighted by Gasteiger charge is -2.21. The van der Waals surface area contributed by atoms with Gasteiger partial charge in [0, 0.05) is 18.9 Å². The molecule has 0 radical (unpaired) electrons. The molecule has 0 spiro atoms. The fraction of sp³-hybridized carbons (Fsp3) is 0.474. The quantitative estimate of drug-likeness (QED) is 0.468. The van der Waals surface area contributed by atoms with Gasteiger partial charge in [0.15, 0.2) is 0 Å². The first-order chi connectivity index (χ1) is 13.4. The summed E-state index contributed by atoms with van der Waals surface area (Å²) < 4.78 is 50.7. The smallest absolute Gasteiger partial charge is 0.348 e. The van der Waals surface area contributed by atoms with Crippen molar-refractivity contribution in [2.24, 2.45) is 0 Å². The van der Waals surface area contributed by atoms with Gasteiger partial charge >= 0.3 is 15.2 Å². The van der Waals surface area contributed by atoms with Gasteiger partial charge in [-0.2, -0.15) is 0 Å². The molecule has 0 aliphatic heterocycles. The molecule has 0 saturated heterocycles. The van der Waals surface area contributed by atoms with Crippen LogP contribution in [-0.2, 0) is 33.8 Å². The van der Waals surface area contributed by atoms with Crippen molar-refractivity contribution in [3.63, 3.8) is 0 Å². The van der Waals surface area contributed by atoms with E-state index >= 15 is 0 Å². The van der Waals surface area contributed by atoms with Crippen molar-refractivity contribution >= 4 is 25.8 Å². The Morgan fingerprint density at radius 3 is 1.46 bits per heavy atom. The van der Waals surface area contributed by atoms with E-state index in [4.69, 9.17) is 18.1 Å². The highest BCUT2D eigenvalue weighted by molar-refractivity contribution is 7.68. The van der Waals surface area contributed by atoms with Crippen molar-refractivity contribution in [1.29, 1.82) is 0 Å². The Kier molecular flexibility index (Phi) is 8.69. The minimum atomic E-state index is -3.69. The van der Waals surface area contributed by atoms with Crippen LogP contribution >= 0.6 is 15.2 Å². The summed E-state index contributed by atoms with van der Waals surface area (Å²) in [7, 11) is -7.38. The molecule has 2 aromatic rings. The van der Waals surface area contributed by atoms with E-state index in [-0.39, 0.29) is 37.0 Å². The van der Waals surface area contributed by atoms with E-state index in [2.05, 4.69) is 0 Å². The highest BCUT2D eigenvalue weighted by Gasteiger charge is 2.40. The van der Waals surface area contributed by atoms with E-state index in [1.54, 1.807) is 44.7 Å². The zero-order valence-electron chi connectivity index (χ0n) is 16.9. The second kappa shape index (κ2) is 10.5. The van der Waals surface area contributed by atoms with E-state index in [0.717, 1.165) is 5.56 Å². The summed E-state index contributed by atoms with van der Waals surface area (Å²) >= 11 is 0. The normalized spacial score (nSPS) is 12.4. The average molecular weight is 429 g/mol. The maximum atomic E-state index is 13.5. The number of benzene rings is 1. The first-order valence-electron chi connectivity index (χ1n) is 9.45. The minimum Gasteiger partial charge on any atom is -0.348 e. The molecule has 0 bridgehead atoms. The Morgan fingerprint density at radius 1 is 0.714 bits per heavy atom. The molecule has 0 fully saturated rings. The third-order valence-electron chi connectivity index (χ3n) is 3.83. The minimum absolute atomic E-state index is 0.189. The standard InChI is InChI=1S/C19H29NO6P2/c1-5-23-27(21,24-6-2)18-15-20(14-17-12-10-9-11-13-17)16-19(18)28(22,25-7-3)26-8-4/h9-13,15-16H,5-8,14H2,1-4H3. The van der Waals surface area contributed by atoms with Gasteiger partial charge in [0.2, 0.25) is 0 Å². The Balaban J connectivity index is 2.59. The molecule has 0 aliphatic carbocycles. The maximum absolute atomic E-state index is 13.5. The summed E-state index contributed by atoms with van der Waals surface area (Å²) in [5.41, 5.74) is 1.04. The van der Waals surface area contributed by atoms with E-state index in [1.807, 2.05) is 30.3 Å². The van der Waals surface area contributed by atoms with Gasteiger partial charge in [-0.15, -0.1) is 0 Å². The Hall–Kier alpha value is -1.20. The maximum Gasteiger partial charge on any atom is 0.363 e. The van der Waals surface area contributed by atoms with Gasteiger partial charge in [0.1, 0.15) is 0 Å². The highest BCUT2D eigenvalue weighted by atomic mass is 31.2. The van der Waals surface area contributed by atoms with Crippen LogP contribution in [0.3, 0.4) is 0 Å². The Bertz CT molecular complexity index is 769. The van der Waals surface area contributed by atoms with Crippen LogP contribution in [0.4, 0.5) is 0 Å². The largest absolute Gasteiger partial charge is 0.363 e.